The van der Waals surface area contributed by atoms with E-state index in [9.17, 15) is 21.6 Å². The van der Waals surface area contributed by atoms with Crippen LogP contribution in [-0.4, -0.2) is 33.9 Å². The van der Waals surface area contributed by atoms with Gasteiger partial charge in [0.05, 0.1) is 9.79 Å². The maximum atomic E-state index is 14.6. The summed E-state index contributed by atoms with van der Waals surface area (Å²) in [6.45, 7) is 4.03. The zero-order chi connectivity index (χ0) is 35.5. The molecule has 0 fully saturated rings. The number of hydrogen-bond donors (Lipinski definition) is 1. The Labute approximate surface area is 292 Å². The van der Waals surface area contributed by atoms with Crippen molar-refractivity contribution in [2.75, 3.05) is 10.3 Å². The molecular formula is C39H37N3O6S2. The van der Waals surface area contributed by atoms with Gasteiger partial charge in [-0.2, -0.15) is 16.8 Å². The minimum Gasteiger partial charge on any atom is -0.489 e. The van der Waals surface area contributed by atoms with E-state index in [0.717, 1.165) is 16.7 Å². The van der Waals surface area contributed by atoms with Crippen LogP contribution in [0.15, 0.2) is 137 Å². The zero-order valence-electron chi connectivity index (χ0n) is 27.9. The molecule has 6 aromatic rings. The fourth-order valence-electron chi connectivity index (χ4n) is 5.76. The molecule has 11 heteroatoms. The number of aromatic nitrogens is 1. The fraction of sp³-hybridized carbons (Fsp3) is 0.154. The first kappa shape index (κ1) is 34.5. The summed E-state index contributed by atoms with van der Waals surface area (Å²) in [5, 5.41) is 3.49. The molecule has 9 nitrogen and oxygen atoms in total. The molecular weight excluding hydrogens is 671 g/mol. The number of carbonyl (C=O) groups is 1. The number of rotatable bonds is 12. The lowest BCUT2D eigenvalue weighted by Gasteiger charge is -2.26. The molecule has 0 atom stereocenters. The number of nitrogens with one attached hydrogen (secondary N) is 1. The molecule has 50 heavy (non-hydrogen) atoms. The number of ether oxygens (including phenoxy) is 1. The molecule has 1 amide bonds. The Morgan fingerprint density at radius 1 is 0.720 bits per heavy atom. The Kier molecular flexibility index (Phi) is 9.81. The van der Waals surface area contributed by atoms with E-state index in [1.165, 1.54) is 24.3 Å². The van der Waals surface area contributed by atoms with Crippen LogP contribution < -0.4 is 13.8 Å². The SMILES string of the molecule is Cc1ccc(S(=O)(=O)N(c2c(CCNC(=O)c3ccccc3)c3cc(OCc4ccccc4)ccc3n2C)S(=O)(=O)c2ccc(C)cc2)cc1. The molecule has 0 spiro atoms. The summed E-state index contributed by atoms with van der Waals surface area (Å²) in [6, 6.07) is 35.8. The van der Waals surface area contributed by atoms with E-state index in [-0.39, 0.29) is 34.5 Å². The highest BCUT2D eigenvalue weighted by Gasteiger charge is 2.41. The van der Waals surface area contributed by atoms with Crippen molar-refractivity contribution in [3.63, 3.8) is 0 Å². The van der Waals surface area contributed by atoms with Crippen LogP contribution in [0.1, 0.15) is 32.6 Å². The van der Waals surface area contributed by atoms with Crippen molar-refractivity contribution in [2.24, 2.45) is 7.05 Å². The third-order valence-corrected chi connectivity index (χ3v) is 12.6. The molecule has 0 radical (unpaired) electrons. The maximum absolute atomic E-state index is 14.6. The molecule has 256 valence electrons. The Morgan fingerprint density at radius 3 is 1.82 bits per heavy atom. The summed E-state index contributed by atoms with van der Waals surface area (Å²) in [6.07, 6.45) is 0.108. The van der Waals surface area contributed by atoms with Gasteiger partial charge in [0.2, 0.25) is 0 Å². The van der Waals surface area contributed by atoms with Gasteiger partial charge >= 0.3 is 0 Å². The van der Waals surface area contributed by atoms with Crippen LogP contribution >= 0.6 is 0 Å². The van der Waals surface area contributed by atoms with Crippen molar-refractivity contribution in [3.8, 4) is 5.75 Å². The van der Waals surface area contributed by atoms with Crippen molar-refractivity contribution in [1.29, 1.82) is 0 Å². The zero-order valence-corrected chi connectivity index (χ0v) is 29.5. The largest absolute Gasteiger partial charge is 0.489 e. The highest BCUT2D eigenvalue weighted by Crippen LogP contribution is 2.40. The third kappa shape index (κ3) is 7.01. The van der Waals surface area contributed by atoms with Gasteiger partial charge in [-0.15, -0.1) is 3.71 Å². The van der Waals surface area contributed by atoms with E-state index < -0.39 is 20.0 Å². The number of amides is 1. The van der Waals surface area contributed by atoms with Gasteiger partial charge in [-0.25, -0.2) is 0 Å². The topological polar surface area (TPSA) is 115 Å². The molecule has 1 N–H and O–H groups in total. The second-order valence-corrected chi connectivity index (χ2v) is 15.8. The maximum Gasteiger partial charge on any atom is 0.278 e. The highest BCUT2D eigenvalue weighted by molar-refractivity contribution is 8.10. The Hall–Kier alpha value is -5.39. The van der Waals surface area contributed by atoms with Gasteiger partial charge in [-0.3, -0.25) is 4.79 Å². The summed E-state index contributed by atoms with van der Waals surface area (Å²) in [5.74, 6) is 0.147. The molecule has 0 saturated carbocycles. The van der Waals surface area contributed by atoms with Crippen LogP contribution in [-0.2, 0) is 40.1 Å². The highest BCUT2D eigenvalue weighted by atomic mass is 32.3. The van der Waals surface area contributed by atoms with Crippen LogP contribution in [0, 0.1) is 13.8 Å². The van der Waals surface area contributed by atoms with Crippen LogP contribution in [0.4, 0.5) is 5.82 Å². The molecule has 0 bridgehead atoms. The van der Waals surface area contributed by atoms with Gasteiger partial charge in [0.1, 0.15) is 18.2 Å². The average Bonchev–Trinajstić information content (AvgIpc) is 3.37. The number of hydrogen-bond acceptors (Lipinski definition) is 6. The molecule has 1 heterocycles. The van der Waals surface area contributed by atoms with Crippen LogP contribution in [0.25, 0.3) is 10.9 Å². The van der Waals surface area contributed by atoms with Crippen molar-refractivity contribution in [3.05, 3.63) is 155 Å². The van der Waals surface area contributed by atoms with Gasteiger partial charge in [-0.1, -0.05) is 83.9 Å². The summed E-state index contributed by atoms with van der Waals surface area (Å²) >= 11 is 0. The predicted molar refractivity (Wildman–Crippen MR) is 195 cm³/mol. The van der Waals surface area contributed by atoms with Crippen LogP contribution in [0.5, 0.6) is 5.75 Å². The van der Waals surface area contributed by atoms with Gasteiger partial charge in [-0.05, 0) is 80.4 Å². The first-order chi connectivity index (χ1) is 24.0. The standard InChI is InChI=1S/C39H37N3O6S2/c1-28-14-19-33(20-15-28)49(44,45)42(50(46,47)34-21-16-29(2)17-22-34)39-35(24-25-40-38(43)31-12-8-5-9-13-31)36-26-32(18-23-37(36)41(39)3)48-27-30-10-6-4-7-11-30/h4-23,26H,24-25,27H2,1-3H3,(H,40,43). The Morgan fingerprint density at radius 2 is 1.26 bits per heavy atom. The average molecular weight is 708 g/mol. The number of aryl methyl sites for hydroxylation is 3. The van der Waals surface area contributed by atoms with E-state index >= 15 is 0 Å². The second-order valence-electron chi connectivity index (χ2n) is 12.0. The van der Waals surface area contributed by atoms with Gasteiger partial charge in [0.15, 0.2) is 0 Å². The normalized spacial score (nSPS) is 11.7. The number of nitrogens with zero attached hydrogens (tertiary/aromatic N) is 2. The number of carbonyl (C=O) groups excluding carboxylic acids is 1. The van der Waals surface area contributed by atoms with Crippen molar-refractivity contribution < 1.29 is 26.4 Å². The molecule has 1 aromatic heterocycles. The molecule has 0 aliphatic rings. The number of fused-ring (bicyclic) bond motifs is 1. The lowest BCUT2D eigenvalue weighted by molar-refractivity contribution is 0.0954. The summed E-state index contributed by atoms with van der Waals surface area (Å²) in [4.78, 5) is 12.6. The first-order valence-electron chi connectivity index (χ1n) is 16.0. The minimum atomic E-state index is -4.71. The molecule has 0 aliphatic heterocycles. The van der Waals surface area contributed by atoms with Crippen LogP contribution in [0.3, 0.4) is 0 Å². The van der Waals surface area contributed by atoms with Gasteiger partial charge < -0.3 is 14.6 Å². The van der Waals surface area contributed by atoms with E-state index in [4.69, 9.17) is 4.74 Å². The van der Waals surface area contributed by atoms with E-state index in [0.29, 0.717) is 38.1 Å². The van der Waals surface area contributed by atoms with Gasteiger partial charge in [0.25, 0.3) is 26.0 Å². The van der Waals surface area contributed by atoms with Gasteiger partial charge in [0, 0.05) is 35.6 Å². The summed E-state index contributed by atoms with van der Waals surface area (Å²) in [5.41, 5.74) is 4.06. The second kappa shape index (κ2) is 14.2. The third-order valence-electron chi connectivity index (χ3n) is 8.43. The fourth-order valence-corrected chi connectivity index (χ4v) is 9.57. The number of benzene rings is 5. The van der Waals surface area contributed by atoms with Crippen molar-refractivity contribution in [1.82, 2.24) is 9.88 Å². The summed E-state index contributed by atoms with van der Waals surface area (Å²) in [7, 11) is -7.79. The number of anilines is 1. The van der Waals surface area contributed by atoms with Crippen molar-refractivity contribution >= 4 is 42.7 Å². The predicted octanol–water partition coefficient (Wildman–Crippen LogP) is 6.93. The Bertz CT molecular complexity index is 2280. The van der Waals surface area contributed by atoms with Crippen LogP contribution in [0.2, 0.25) is 0 Å². The lowest BCUT2D eigenvalue weighted by atomic mass is 10.1. The summed E-state index contributed by atoms with van der Waals surface area (Å²) < 4.78 is 66.8. The molecule has 6 rings (SSSR count). The van der Waals surface area contributed by atoms with E-state index in [2.05, 4.69) is 5.32 Å². The Balaban J connectivity index is 1.52. The molecule has 5 aromatic carbocycles. The molecule has 0 unspecified atom stereocenters. The lowest BCUT2D eigenvalue weighted by Crippen LogP contribution is -2.39. The van der Waals surface area contributed by atoms with Crippen molar-refractivity contribution in [2.45, 2.75) is 36.7 Å². The number of sulfonamides is 2. The molecule has 0 saturated heterocycles. The smallest absolute Gasteiger partial charge is 0.278 e. The quantitative estimate of drug-likeness (QED) is 0.148. The van der Waals surface area contributed by atoms with E-state index in [1.807, 2.05) is 50.2 Å². The monoisotopic (exact) mass is 707 g/mol. The van der Waals surface area contributed by atoms with E-state index in [1.54, 1.807) is 78.3 Å². The molecule has 0 aliphatic carbocycles. The first-order valence-corrected chi connectivity index (χ1v) is 18.9. The minimum absolute atomic E-state index is 0.0599.